The molecule has 0 radical (unpaired) electrons. The number of aliphatic imine (C=N–C) groups is 3. The summed E-state index contributed by atoms with van der Waals surface area (Å²) in [6.07, 6.45) is 5.42. The number of fused-ring (bicyclic) bond motifs is 2. The summed E-state index contributed by atoms with van der Waals surface area (Å²) in [6.45, 7) is 0.449. The van der Waals surface area contributed by atoms with Crippen LogP contribution in [0.2, 0.25) is 0 Å². The molecule has 6 nitrogen and oxygen atoms in total. The van der Waals surface area contributed by atoms with E-state index in [0.29, 0.717) is 24.1 Å². The minimum atomic E-state index is -0.409. The molecule has 1 amide bonds. The highest BCUT2D eigenvalue weighted by atomic mass is 79.9. The van der Waals surface area contributed by atoms with Gasteiger partial charge in [0, 0.05) is 22.5 Å². The molecule has 2 heterocycles. The number of halogens is 1. The lowest BCUT2D eigenvalue weighted by atomic mass is 10.1. The van der Waals surface area contributed by atoms with Crippen LogP contribution in [0, 0.1) is 0 Å². The summed E-state index contributed by atoms with van der Waals surface area (Å²) in [5, 5.41) is 0. The van der Waals surface area contributed by atoms with Gasteiger partial charge in [-0.05, 0) is 29.8 Å². The van der Waals surface area contributed by atoms with Gasteiger partial charge >= 0.3 is 0 Å². The van der Waals surface area contributed by atoms with Crippen LogP contribution in [0.3, 0.4) is 0 Å². The average Bonchev–Trinajstić information content (AvgIpc) is 2.83. The molecule has 134 valence electrons. The van der Waals surface area contributed by atoms with Crippen molar-refractivity contribution in [2.75, 3.05) is 6.61 Å². The van der Waals surface area contributed by atoms with E-state index in [4.69, 9.17) is 4.74 Å². The van der Waals surface area contributed by atoms with E-state index >= 15 is 0 Å². The molecule has 2 aromatic carbocycles. The maximum Gasteiger partial charge on any atom is 0.285 e. The molecule has 0 spiro atoms. The van der Waals surface area contributed by atoms with E-state index in [-0.39, 0.29) is 6.61 Å². The number of ether oxygens (including phenoxy) is 1. The number of carbonyl (C=O) groups excluding carboxylic acids is 1. The molecule has 7 heteroatoms. The SMILES string of the molecule is O=C(COc1cccc(Br)c1)N=C1N=C2N=CC=CN2Cc2ccccc21. The molecule has 0 aliphatic carbocycles. The fraction of sp³-hybridized carbons (Fsp3) is 0.100. The second kappa shape index (κ2) is 7.67. The Morgan fingerprint density at radius 1 is 1.22 bits per heavy atom. The molecule has 4 rings (SSSR count). The number of hydrogen-bond acceptors (Lipinski definition) is 4. The van der Waals surface area contributed by atoms with Gasteiger partial charge in [-0.2, -0.15) is 9.98 Å². The van der Waals surface area contributed by atoms with Crippen LogP contribution in [-0.2, 0) is 11.3 Å². The van der Waals surface area contributed by atoms with Gasteiger partial charge in [0.2, 0.25) is 5.96 Å². The summed E-state index contributed by atoms with van der Waals surface area (Å²) < 4.78 is 6.41. The largest absolute Gasteiger partial charge is 0.484 e. The number of benzene rings is 2. The Morgan fingerprint density at radius 2 is 2.11 bits per heavy atom. The van der Waals surface area contributed by atoms with Gasteiger partial charge in [0.15, 0.2) is 12.4 Å². The van der Waals surface area contributed by atoms with Crippen molar-refractivity contribution in [3.8, 4) is 5.75 Å². The van der Waals surface area contributed by atoms with E-state index in [9.17, 15) is 4.79 Å². The zero-order chi connectivity index (χ0) is 18.6. The molecule has 0 unspecified atom stereocenters. The Bertz CT molecular complexity index is 1010. The third kappa shape index (κ3) is 4.03. The Hall–Kier alpha value is -3.06. The third-order valence-corrected chi connectivity index (χ3v) is 4.49. The van der Waals surface area contributed by atoms with Gasteiger partial charge in [0.1, 0.15) is 5.75 Å². The molecule has 2 aliphatic heterocycles. The van der Waals surface area contributed by atoms with Crippen LogP contribution in [0.5, 0.6) is 5.75 Å². The molecule has 27 heavy (non-hydrogen) atoms. The van der Waals surface area contributed by atoms with Crippen molar-refractivity contribution in [3.63, 3.8) is 0 Å². The molecular weight excluding hydrogens is 408 g/mol. The van der Waals surface area contributed by atoms with Gasteiger partial charge in [0.25, 0.3) is 5.91 Å². The topological polar surface area (TPSA) is 66.6 Å². The first-order chi connectivity index (χ1) is 13.2. The van der Waals surface area contributed by atoms with Crippen molar-refractivity contribution in [1.82, 2.24) is 4.90 Å². The predicted molar refractivity (Wildman–Crippen MR) is 108 cm³/mol. The van der Waals surface area contributed by atoms with Gasteiger partial charge in [-0.3, -0.25) is 4.79 Å². The Morgan fingerprint density at radius 3 is 3.00 bits per heavy atom. The molecular formula is C20H15BrN4O2. The zero-order valence-corrected chi connectivity index (χ0v) is 15.8. The van der Waals surface area contributed by atoms with Crippen LogP contribution in [-0.4, -0.2) is 35.4 Å². The highest BCUT2D eigenvalue weighted by Crippen LogP contribution is 2.20. The highest BCUT2D eigenvalue weighted by Gasteiger charge is 2.21. The Balaban J connectivity index is 1.61. The van der Waals surface area contributed by atoms with Crippen molar-refractivity contribution in [3.05, 3.63) is 76.4 Å². The number of allylic oxidation sites excluding steroid dienone is 1. The van der Waals surface area contributed by atoms with Gasteiger partial charge in [0.05, 0.1) is 6.54 Å². The molecule has 0 fully saturated rings. The lowest BCUT2D eigenvalue weighted by Crippen LogP contribution is -2.25. The van der Waals surface area contributed by atoms with Crippen LogP contribution in [0.4, 0.5) is 0 Å². The molecule has 0 saturated carbocycles. The molecule has 2 aromatic rings. The molecule has 0 bridgehead atoms. The van der Waals surface area contributed by atoms with Crippen molar-refractivity contribution in [2.45, 2.75) is 6.54 Å². The maximum atomic E-state index is 12.4. The number of amides is 1. The summed E-state index contributed by atoms with van der Waals surface area (Å²) in [7, 11) is 0. The summed E-state index contributed by atoms with van der Waals surface area (Å²) in [6, 6.07) is 15.1. The van der Waals surface area contributed by atoms with Gasteiger partial charge < -0.3 is 9.64 Å². The number of guanidine groups is 1. The molecule has 0 atom stereocenters. The second-order valence-corrected chi connectivity index (χ2v) is 6.81. The van der Waals surface area contributed by atoms with E-state index in [1.165, 1.54) is 0 Å². The maximum absolute atomic E-state index is 12.4. The first-order valence-electron chi connectivity index (χ1n) is 8.33. The Kier molecular flexibility index (Phi) is 4.93. The van der Waals surface area contributed by atoms with Crippen molar-refractivity contribution < 1.29 is 9.53 Å². The normalized spacial score (nSPS) is 16.4. The zero-order valence-electron chi connectivity index (χ0n) is 14.2. The minimum Gasteiger partial charge on any atom is -0.484 e. The molecule has 0 N–H and O–H groups in total. The van der Waals surface area contributed by atoms with E-state index in [1.54, 1.807) is 18.3 Å². The molecule has 0 aromatic heterocycles. The monoisotopic (exact) mass is 422 g/mol. The van der Waals surface area contributed by atoms with Gasteiger partial charge in [-0.15, -0.1) is 0 Å². The first kappa shape index (κ1) is 17.4. The number of carbonyl (C=O) groups is 1. The summed E-state index contributed by atoms with van der Waals surface area (Å²) >= 11 is 3.37. The number of rotatable bonds is 3. The van der Waals surface area contributed by atoms with E-state index in [0.717, 1.165) is 15.6 Å². The number of amidine groups is 1. The highest BCUT2D eigenvalue weighted by molar-refractivity contribution is 9.10. The van der Waals surface area contributed by atoms with E-state index < -0.39 is 5.91 Å². The van der Waals surface area contributed by atoms with Crippen LogP contribution in [0.15, 0.2) is 80.3 Å². The number of nitrogens with zero attached hydrogens (tertiary/aromatic N) is 4. The smallest absolute Gasteiger partial charge is 0.285 e. The fourth-order valence-corrected chi connectivity index (χ4v) is 3.14. The first-order valence-corrected chi connectivity index (χ1v) is 9.13. The quantitative estimate of drug-likeness (QED) is 0.758. The summed E-state index contributed by atoms with van der Waals surface area (Å²) in [5.74, 6) is 1.04. The van der Waals surface area contributed by atoms with Crippen molar-refractivity contribution in [2.24, 2.45) is 15.0 Å². The lowest BCUT2D eigenvalue weighted by molar-refractivity contribution is -0.119. The standard InChI is InChI=1S/C20H15BrN4O2/c21-15-6-3-7-16(11-15)27-13-18(26)23-19-17-8-2-1-5-14(17)12-25-10-4-9-22-20(25)24-19/h1-11H,12-13H2. The van der Waals surface area contributed by atoms with Crippen molar-refractivity contribution in [1.29, 1.82) is 0 Å². The van der Waals surface area contributed by atoms with Crippen LogP contribution < -0.4 is 4.74 Å². The molecule has 2 aliphatic rings. The van der Waals surface area contributed by atoms with Crippen LogP contribution in [0.1, 0.15) is 11.1 Å². The van der Waals surface area contributed by atoms with Gasteiger partial charge in [-0.1, -0.05) is 46.3 Å². The van der Waals surface area contributed by atoms with Crippen LogP contribution >= 0.6 is 15.9 Å². The molecule has 0 saturated heterocycles. The summed E-state index contributed by atoms with van der Waals surface area (Å²) in [5.41, 5.74) is 1.84. The predicted octanol–water partition coefficient (Wildman–Crippen LogP) is 3.57. The van der Waals surface area contributed by atoms with E-state index in [1.807, 2.05) is 53.6 Å². The number of hydrogen-bond donors (Lipinski definition) is 0. The Labute approximate surface area is 164 Å². The lowest BCUT2D eigenvalue weighted by Gasteiger charge is -2.19. The van der Waals surface area contributed by atoms with Crippen molar-refractivity contribution >= 4 is 39.8 Å². The van der Waals surface area contributed by atoms with Crippen LogP contribution in [0.25, 0.3) is 0 Å². The minimum absolute atomic E-state index is 0.167. The van der Waals surface area contributed by atoms with Gasteiger partial charge in [-0.25, -0.2) is 4.99 Å². The van der Waals surface area contributed by atoms with E-state index in [2.05, 4.69) is 30.9 Å². The average molecular weight is 423 g/mol. The second-order valence-electron chi connectivity index (χ2n) is 5.89. The fourth-order valence-electron chi connectivity index (χ4n) is 2.76. The summed E-state index contributed by atoms with van der Waals surface area (Å²) in [4.78, 5) is 27.3. The third-order valence-electron chi connectivity index (χ3n) is 3.99.